The van der Waals surface area contributed by atoms with Gasteiger partial charge in [-0.05, 0) is 42.3 Å². The number of halogens is 1. The zero-order valence-electron chi connectivity index (χ0n) is 9.75. The molecule has 2 rings (SSSR count). The number of ether oxygens (including phenoxy) is 1. The second-order valence-corrected chi connectivity index (χ2v) is 4.25. The van der Waals surface area contributed by atoms with Gasteiger partial charge in [0.25, 0.3) is 0 Å². The number of aromatic nitrogens is 1. The number of aliphatic hydroxyl groups is 1. The molecular formula is C13H14ClNO2. The summed E-state index contributed by atoms with van der Waals surface area (Å²) in [4.78, 5) is 3.22. The highest BCUT2D eigenvalue weighted by atomic mass is 35.5. The van der Waals surface area contributed by atoms with Crippen LogP contribution < -0.4 is 4.74 Å². The van der Waals surface area contributed by atoms with Gasteiger partial charge in [-0.2, -0.15) is 0 Å². The van der Waals surface area contributed by atoms with Crippen molar-refractivity contribution in [3.05, 3.63) is 40.5 Å². The minimum atomic E-state index is 0.0339. The highest BCUT2D eigenvalue weighted by Gasteiger charge is 2.08. The topological polar surface area (TPSA) is 45.2 Å². The fourth-order valence-electron chi connectivity index (χ4n) is 1.75. The summed E-state index contributed by atoms with van der Waals surface area (Å²) < 4.78 is 5.10. The molecule has 0 bridgehead atoms. The van der Waals surface area contributed by atoms with Gasteiger partial charge in [0, 0.05) is 11.4 Å². The van der Waals surface area contributed by atoms with Crippen molar-refractivity contribution in [3.63, 3.8) is 0 Å². The van der Waals surface area contributed by atoms with Crippen LogP contribution in [0.25, 0.3) is 11.3 Å². The second-order valence-electron chi connectivity index (χ2n) is 3.84. The predicted octanol–water partition coefficient (Wildman–Crippen LogP) is 3.14. The number of aryl methyl sites for hydroxylation is 1. The molecule has 0 aliphatic carbocycles. The molecule has 0 unspecified atom stereocenters. The highest BCUT2D eigenvalue weighted by molar-refractivity contribution is 6.32. The molecule has 0 aliphatic heterocycles. The Morgan fingerprint density at radius 2 is 2.12 bits per heavy atom. The summed E-state index contributed by atoms with van der Waals surface area (Å²) in [6.45, 7) is 1.96. The normalized spacial score (nSPS) is 10.6. The van der Waals surface area contributed by atoms with Crippen molar-refractivity contribution in [2.75, 3.05) is 7.11 Å². The van der Waals surface area contributed by atoms with Crippen LogP contribution in [0.2, 0.25) is 5.02 Å². The van der Waals surface area contributed by atoms with E-state index < -0.39 is 0 Å². The van der Waals surface area contributed by atoms with Crippen molar-refractivity contribution in [1.29, 1.82) is 0 Å². The van der Waals surface area contributed by atoms with E-state index in [-0.39, 0.29) is 6.61 Å². The van der Waals surface area contributed by atoms with Gasteiger partial charge in [0.1, 0.15) is 5.75 Å². The lowest BCUT2D eigenvalue weighted by Gasteiger charge is -2.04. The smallest absolute Gasteiger partial charge is 0.137 e. The van der Waals surface area contributed by atoms with Crippen molar-refractivity contribution in [3.8, 4) is 17.0 Å². The molecule has 3 nitrogen and oxygen atoms in total. The van der Waals surface area contributed by atoms with Gasteiger partial charge in [-0.3, -0.25) is 0 Å². The van der Waals surface area contributed by atoms with Gasteiger partial charge in [0.2, 0.25) is 0 Å². The van der Waals surface area contributed by atoms with Crippen LogP contribution >= 0.6 is 11.6 Å². The van der Waals surface area contributed by atoms with Gasteiger partial charge in [-0.1, -0.05) is 11.6 Å². The van der Waals surface area contributed by atoms with Crippen molar-refractivity contribution >= 4 is 11.6 Å². The molecule has 90 valence electrons. The van der Waals surface area contributed by atoms with E-state index >= 15 is 0 Å². The van der Waals surface area contributed by atoms with E-state index in [0.717, 1.165) is 22.5 Å². The molecule has 1 aromatic heterocycles. The lowest BCUT2D eigenvalue weighted by atomic mass is 10.1. The third-order valence-electron chi connectivity index (χ3n) is 2.76. The van der Waals surface area contributed by atoms with Gasteiger partial charge < -0.3 is 14.8 Å². The van der Waals surface area contributed by atoms with Gasteiger partial charge in [-0.15, -0.1) is 0 Å². The number of benzene rings is 1. The van der Waals surface area contributed by atoms with Crippen LogP contribution in [0.15, 0.2) is 24.3 Å². The Morgan fingerprint density at radius 3 is 2.65 bits per heavy atom. The van der Waals surface area contributed by atoms with E-state index in [0.29, 0.717) is 10.8 Å². The molecule has 0 amide bonds. The van der Waals surface area contributed by atoms with Crippen molar-refractivity contribution < 1.29 is 9.84 Å². The molecule has 4 heteroatoms. The van der Waals surface area contributed by atoms with Crippen LogP contribution in [0.5, 0.6) is 5.75 Å². The molecule has 0 radical (unpaired) electrons. The van der Waals surface area contributed by atoms with E-state index in [1.54, 1.807) is 7.11 Å². The average molecular weight is 252 g/mol. The van der Waals surface area contributed by atoms with Gasteiger partial charge in [0.15, 0.2) is 0 Å². The maximum absolute atomic E-state index is 9.15. The first kappa shape index (κ1) is 12.0. The number of aromatic amines is 1. The van der Waals surface area contributed by atoms with E-state index in [1.807, 2.05) is 31.2 Å². The molecule has 2 N–H and O–H groups in total. The summed E-state index contributed by atoms with van der Waals surface area (Å²) in [6.07, 6.45) is 0. The standard InChI is InChI=1S/C13H14ClNO2/c1-8-10(7-16)6-12(15-8)9-3-4-13(17-2)11(14)5-9/h3-6,15-16H,7H2,1-2H3. The molecule has 0 saturated heterocycles. The molecule has 2 aromatic rings. The largest absolute Gasteiger partial charge is 0.495 e. The lowest BCUT2D eigenvalue weighted by Crippen LogP contribution is -1.85. The van der Waals surface area contributed by atoms with Crippen molar-refractivity contribution in [1.82, 2.24) is 4.98 Å². The number of methoxy groups -OCH3 is 1. The minimum absolute atomic E-state index is 0.0339. The number of nitrogens with one attached hydrogen (secondary N) is 1. The van der Waals surface area contributed by atoms with Crippen molar-refractivity contribution in [2.45, 2.75) is 13.5 Å². The number of hydrogen-bond donors (Lipinski definition) is 2. The fraction of sp³-hybridized carbons (Fsp3) is 0.231. The Labute approximate surface area is 105 Å². The van der Waals surface area contributed by atoms with Crippen LogP contribution in [0.3, 0.4) is 0 Å². The third kappa shape index (κ3) is 2.30. The average Bonchev–Trinajstić information content (AvgIpc) is 2.70. The zero-order chi connectivity index (χ0) is 12.4. The van der Waals surface area contributed by atoms with Crippen LogP contribution in [-0.4, -0.2) is 17.2 Å². The molecular weight excluding hydrogens is 238 g/mol. The van der Waals surface area contributed by atoms with Crippen LogP contribution in [0.4, 0.5) is 0 Å². The predicted molar refractivity (Wildman–Crippen MR) is 68.5 cm³/mol. The quantitative estimate of drug-likeness (QED) is 0.880. The maximum atomic E-state index is 9.15. The SMILES string of the molecule is COc1ccc(-c2cc(CO)c(C)[nH]2)cc1Cl. The lowest BCUT2D eigenvalue weighted by molar-refractivity contribution is 0.281. The molecule has 1 aromatic carbocycles. The Bertz CT molecular complexity index is 534. The minimum Gasteiger partial charge on any atom is -0.495 e. The summed E-state index contributed by atoms with van der Waals surface area (Å²) in [5.74, 6) is 0.654. The molecule has 0 atom stereocenters. The first-order chi connectivity index (χ1) is 8.15. The van der Waals surface area contributed by atoms with E-state index in [2.05, 4.69) is 4.98 Å². The first-order valence-electron chi connectivity index (χ1n) is 5.29. The first-order valence-corrected chi connectivity index (χ1v) is 5.66. The Hall–Kier alpha value is -1.45. The summed E-state index contributed by atoms with van der Waals surface area (Å²) in [7, 11) is 1.59. The van der Waals surface area contributed by atoms with Crippen LogP contribution in [0, 0.1) is 6.92 Å². The maximum Gasteiger partial charge on any atom is 0.137 e. The summed E-state index contributed by atoms with van der Waals surface area (Å²) in [5, 5.41) is 9.72. The summed E-state index contributed by atoms with van der Waals surface area (Å²) in [5.41, 5.74) is 3.77. The highest BCUT2D eigenvalue weighted by Crippen LogP contribution is 2.30. The number of H-pyrrole nitrogens is 1. The molecule has 0 aliphatic rings. The van der Waals surface area contributed by atoms with Crippen LogP contribution in [0.1, 0.15) is 11.3 Å². The summed E-state index contributed by atoms with van der Waals surface area (Å²) >= 11 is 6.07. The fourth-order valence-corrected chi connectivity index (χ4v) is 2.01. The Balaban J connectivity index is 2.42. The summed E-state index contributed by atoms with van der Waals surface area (Å²) in [6, 6.07) is 7.52. The van der Waals surface area contributed by atoms with Gasteiger partial charge >= 0.3 is 0 Å². The van der Waals surface area contributed by atoms with Crippen molar-refractivity contribution in [2.24, 2.45) is 0 Å². The van der Waals surface area contributed by atoms with Gasteiger partial charge in [0.05, 0.1) is 18.7 Å². The number of rotatable bonds is 3. The van der Waals surface area contributed by atoms with E-state index in [4.69, 9.17) is 21.4 Å². The van der Waals surface area contributed by atoms with E-state index in [9.17, 15) is 0 Å². The molecule has 0 fully saturated rings. The molecule has 1 heterocycles. The van der Waals surface area contributed by atoms with E-state index in [1.165, 1.54) is 0 Å². The number of aliphatic hydroxyl groups excluding tert-OH is 1. The Kier molecular flexibility index (Phi) is 3.41. The monoisotopic (exact) mass is 251 g/mol. The number of hydrogen-bond acceptors (Lipinski definition) is 2. The molecule has 0 spiro atoms. The van der Waals surface area contributed by atoms with Gasteiger partial charge in [-0.25, -0.2) is 0 Å². The second kappa shape index (κ2) is 4.82. The zero-order valence-corrected chi connectivity index (χ0v) is 10.5. The molecule has 17 heavy (non-hydrogen) atoms. The van der Waals surface area contributed by atoms with Crippen LogP contribution in [-0.2, 0) is 6.61 Å². The Morgan fingerprint density at radius 1 is 1.35 bits per heavy atom. The third-order valence-corrected chi connectivity index (χ3v) is 3.05. The molecule has 0 saturated carbocycles.